The summed E-state index contributed by atoms with van der Waals surface area (Å²) in [6.45, 7) is 6.40. The lowest BCUT2D eigenvalue weighted by molar-refractivity contribution is -0.0461. The smallest absolute Gasteiger partial charge is 0.123 e. The van der Waals surface area contributed by atoms with Crippen molar-refractivity contribution in [1.82, 2.24) is 9.80 Å². The first kappa shape index (κ1) is 13.3. The Morgan fingerprint density at radius 2 is 2.21 bits per heavy atom. The molecule has 1 aromatic rings. The second-order valence-corrected chi connectivity index (χ2v) is 5.64. The van der Waals surface area contributed by atoms with Crippen molar-refractivity contribution in [3.63, 3.8) is 0 Å². The van der Waals surface area contributed by atoms with Crippen molar-refractivity contribution in [3.8, 4) is 0 Å². The molecular weight excluding hydrogens is 267 g/mol. The zero-order valence-electron chi connectivity index (χ0n) is 10.8. The van der Waals surface area contributed by atoms with E-state index in [9.17, 15) is 4.39 Å². The van der Waals surface area contributed by atoms with E-state index in [2.05, 4.69) is 9.80 Å². The van der Waals surface area contributed by atoms with E-state index >= 15 is 0 Å². The summed E-state index contributed by atoms with van der Waals surface area (Å²) in [7, 11) is 0. The van der Waals surface area contributed by atoms with E-state index in [1.54, 1.807) is 6.07 Å². The van der Waals surface area contributed by atoms with Crippen molar-refractivity contribution < 1.29 is 9.13 Å². The molecule has 0 unspecified atom stereocenters. The third-order valence-electron chi connectivity index (χ3n) is 3.92. The molecule has 2 aliphatic rings. The molecule has 0 bridgehead atoms. The van der Waals surface area contributed by atoms with Crippen molar-refractivity contribution in [1.29, 1.82) is 0 Å². The van der Waals surface area contributed by atoms with E-state index in [1.807, 2.05) is 0 Å². The number of hydrogen-bond donors (Lipinski definition) is 0. The van der Waals surface area contributed by atoms with E-state index in [1.165, 1.54) is 12.1 Å². The highest BCUT2D eigenvalue weighted by atomic mass is 35.5. The second-order valence-electron chi connectivity index (χ2n) is 5.24. The Bertz CT molecular complexity index is 457. The van der Waals surface area contributed by atoms with Crippen molar-refractivity contribution in [2.24, 2.45) is 0 Å². The van der Waals surface area contributed by atoms with E-state index < -0.39 is 0 Å². The predicted octanol–water partition coefficient (Wildman–Crippen LogP) is 2.00. The molecule has 2 fully saturated rings. The highest BCUT2D eigenvalue weighted by Crippen LogP contribution is 2.21. The Morgan fingerprint density at radius 3 is 3.11 bits per heavy atom. The molecule has 0 amide bonds. The maximum atomic E-state index is 13.3. The van der Waals surface area contributed by atoms with Gasteiger partial charge in [0.2, 0.25) is 0 Å². The van der Waals surface area contributed by atoms with Gasteiger partial charge in [-0.25, -0.2) is 4.39 Å². The van der Waals surface area contributed by atoms with Gasteiger partial charge in [-0.3, -0.25) is 9.80 Å². The molecule has 2 saturated heterocycles. The highest BCUT2D eigenvalue weighted by molar-refractivity contribution is 6.31. The largest absolute Gasteiger partial charge is 0.378 e. The summed E-state index contributed by atoms with van der Waals surface area (Å²) in [6, 6.07) is 5.03. The van der Waals surface area contributed by atoms with E-state index in [0.29, 0.717) is 17.6 Å². The minimum atomic E-state index is -0.223. The van der Waals surface area contributed by atoms with Crippen LogP contribution >= 0.6 is 11.6 Å². The molecule has 104 valence electrons. The van der Waals surface area contributed by atoms with Gasteiger partial charge in [-0.2, -0.15) is 0 Å². The number of hydrogen-bond acceptors (Lipinski definition) is 3. The topological polar surface area (TPSA) is 15.7 Å². The van der Waals surface area contributed by atoms with Crippen LogP contribution in [0, 0.1) is 5.82 Å². The highest BCUT2D eigenvalue weighted by Gasteiger charge is 2.29. The molecule has 0 aromatic heterocycles. The standard InChI is InChI=1S/C14H18ClFN2O/c15-14-2-1-12(16)7-11(14)8-17-3-4-18-5-6-19-10-13(18)9-17/h1-2,7,13H,3-6,8-10H2/t13-/m0/s1. The first-order valence-corrected chi connectivity index (χ1v) is 7.08. The van der Waals surface area contributed by atoms with Gasteiger partial charge in [0.05, 0.1) is 13.2 Å². The van der Waals surface area contributed by atoms with Crippen LogP contribution < -0.4 is 0 Å². The van der Waals surface area contributed by atoms with Crippen LogP contribution in [0.15, 0.2) is 18.2 Å². The molecule has 19 heavy (non-hydrogen) atoms. The summed E-state index contributed by atoms with van der Waals surface area (Å²) in [5, 5.41) is 0.642. The average molecular weight is 285 g/mol. The quantitative estimate of drug-likeness (QED) is 0.826. The van der Waals surface area contributed by atoms with Gasteiger partial charge >= 0.3 is 0 Å². The Morgan fingerprint density at radius 1 is 1.32 bits per heavy atom. The third-order valence-corrected chi connectivity index (χ3v) is 4.29. The molecule has 3 rings (SSSR count). The number of morpholine rings is 1. The van der Waals surface area contributed by atoms with Crippen molar-refractivity contribution in [3.05, 3.63) is 34.6 Å². The van der Waals surface area contributed by atoms with Gasteiger partial charge in [-0.05, 0) is 23.8 Å². The minimum absolute atomic E-state index is 0.223. The minimum Gasteiger partial charge on any atom is -0.378 e. The van der Waals surface area contributed by atoms with E-state index in [4.69, 9.17) is 16.3 Å². The molecule has 0 N–H and O–H groups in total. The van der Waals surface area contributed by atoms with Crippen LogP contribution in [0.25, 0.3) is 0 Å². The molecule has 0 aliphatic carbocycles. The van der Waals surface area contributed by atoms with Gasteiger partial charge in [-0.15, -0.1) is 0 Å². The molecule has 5 heteroatoms. The fourth-order valence-corrected chi connectivity index (χ4v) is 3.04. The van der Waals surface area contributed by atoms with Crippen LogP contribution in [0.5, 0.6) is 0 Å². The second kappa shape index (κ2) is 5.75. The summed E-state index contributed by atoms with van der Waals surface area (Å²) >= 11 is 6.12. The molecule has 0 radical (unpaired) electrons. The maximum Gasteiger partial charge on any atom is 0.123 e. The number of piperazine rings is 1. The van der Waals surface area contributed by atoms with Crippen LogP contribution in [0.4, 0.5) is 4.39 Å². The number of halogens is 2. The van der Waals surface area contributed by atoms with Gasteiger partial charge < -0.3 is 4.74 Å². The Hall–Kier alpha value is -0.680. The number of ether oxygens (including phenoxy) is 1. The average Bonchev–Trinajstić information content (AvgIpc) is 2.43. The number of fused-ring (bicyclic) bond motifs is 1. The molecule has 2 heterocycles. The van der Waals surface area contributed by atoms with Crippen molar-refractivity contribution >= 4 is 11.6 Å². The van der Waals surface area contributed by atoms with Crippen LogP contribution in [-0.2, 0) is 11.3 Å². The lowest BCUT2D eigenvalue weighted by atomic mass is 10.1. The first-order valence-electron chi connectivity index (χ1n) is 6.70. The van der Waals surface area contributed by atoms with Crippen molar-refractivity contribution in [2.45, 2.75) is 12.6 Å². The van der Waals surface area contributed by atoms with Gasteiger partial charge in [0.15, 0.2) is 0 Å². The molecule has 1 atom stereocenters. The summed E-state index contributed by atoms with van der Waals surface area (Å²) in [5.74, 6) is -0.223. The maximum absolute atomic E-state index is 13.3. The Balaban J connectivity index is 1.65. The molecular formula is C14H18ClFN2O. The molecule has 3 nitrogen and oxygen atoms in total. The first-order chi connectivity index (χ1) is 9.22. The predicted molar refractivity (Wildman–Crippen MR) is 72.9 cm³/mol. The van der Waals surface area contributed by atoms with Crippen LogP contribution in [0.2, 0.25) is 5.02 Å². The van der Waals surface area contributed by atoms with Crippen LogP contribution in [0.3, 0.4) is 0 Å². The SMILES string of the molecule is Fc1ccc(Cl)c(CN2CCN3CCOC[C@@H]3C2)c1. The van der Waals surface area contributed by atoms with Gasteiger partial charge in [-0.1, -0.05) is 11.6 Å². The summed E-state index contributed by atoms with van der Waals surface area (Å²) in [5.41, 5.74) is 0.867. The molecule has 1 aromatic carbocycles. The van der Waals surface area contributed by atoms with Gasteiger partial charge in [0.1, 0.15) is 5.82 Å². The fourth-order valence-electron chi connectivity index (χ4n) is 2.86. The molecule has 0 spiro atoms. The fraction of sp³-hybridized carbons (Fsp3) is 0.571. The van der Waals surface area contributed by atoms with Gasteiger partial charge in [0.25, 0.3) is 0 Å². The Labute approximate surface area is 117 Å². The Kier molecular flexibility index (Phi) is 4.03. The normalized spacial score (nSPS) is 25.3. The van der Waals surface area contributed by atoms with Gasteiger partial charge in [0, 0.05) is 43.8 Å². The van der Waals surface area contributed by atoms with E-state index in [0.717, 1.165) is 45.0 Å². The molecule has 2 aliphatic heterocycles. The summed E-state index contributed by atoms with van der Waals surface area (Å²) in [6.07, 6.45) is 0. The number of nitrogens with zero attached hydrogens (tertiary/aromatic N) is 2. The monoisotopic (exact) mass is 284 g/mol. The molecule has 0 saturated carbocycles. The number of benzene rings is 1. The van der Waals surface area contributed by atoms with Crippen molar-refractivity contribution in [2.75, 3.05) is 39.4 Å². The van der Waals surface area contributed by atoms with E-state index in [-0.39, 0.29) is 5.82 Å². The number of rotatable bonds is 2. The zero-order valence-corrected chi connectivity index (χ0v) is 11.6. The lowest BCUT2D eigenvalue weighted by Gasteiger charge is -2.43. The third kappa shape index (κ3) is 3.08. The van der Waals surface area contributed by atoms with Crippen LogP contribution in [-0.4, -0.2) is 55.2 Å². The summed E-state index contributed by atoms with van der Waals surface area (Å²) in [4.78, 5) is 4.81. The summed E-state index contributed by atoms with van der Waals surface area (Å²) < 4.78 is 18.8. The lowest BCUT2D eigenvalue weighted by Crippen LogP contribution is -2.57. The zero-order chi connectivity index (χ0) is 13.2. The van der Waals surface area contributed by atoms with Crippen LogP contribution in [0.1, 0.15) is 5.56 Å².